The van der Waals surface area contributed by atoms with Crippen LogP contribution in [-0.2, 0) is 5.41 Å². The molecular weight excluding hydrogens is 753 g/mol. The van der Waals surface area contributed by atoms with E-state index < -0.39 is 0 Å². The summed E-state index contributed by atoms with van der Waals surface area (Å²) < 4.78 is 6.82. The second kappa shape index (κ2) is 14.1. The molecule has 0 aromatic heterocycles. The molecule has 10 aromatic rings. The normalized spacial score (nSPS) is 12.9. The third-order valence-electron chi connectivity index (χ3n) is 13.0. The second-order valence-electron chi connectivity index (χ2n) is 16.9. The number of nitrogens with zero attached hydrogens (tertiary/aromatic N) is 2. The summed E-state index contributed by atoms with van der Waals surface area (Å²) in [7, 11) is 0. The summed E-state index contributed by atoms with van der Waals surface area (Å²) in [6.45, 7) is 4.75. The predicted molar refractivity (Wildman–Crippen MR) is 259 cm³/mol. The van der Waals surface area contributed by atoms with Crippen LogP contribution in [0.25, 0.3) is 54.9 Å². The Hall–Kier alpha value is -7.88. The predicted octanol–water partition coefficient (Wildman–Crippen LogP) is 16.7. The van der Waals surface area contributed by atoms with E-state index in [1.165, 1.54) is 55.1 Å². The van der Waals surface area contributed by atoms with E-state index in [4.69, 9.17) is 4.74 Å². The minimum atomic E-state index is -0.191. The van der Waals surface area contributed by atoms with Crippen molar-refractivity contribution < 1.29 is 4.74 Å². The van der Waals surface area contributed by atoms with Gasteiger partial charge >= 0.3 is 0 Å². The summed E-state index contributed by atoms with van der Waals surface area (Å²) in [6.07, 6.45) is 0. The van der Waals surface area contributed by atoms with Gasteiger partial charge in [0.25, 0.3) is 0 Å². The van der Waals surface area contributed by atoms with Crippen LogP contribution in [0.3, 0.4) is 0 Å². The molecule has 0 unspecified atom stereocenters. The van der Waals surface area contributed by atoms with Crippen LogP contribution in [0.2, 0.25) is 0 Å². The van der Waals surface area contributed by atoms with E-state index in [9.17, 15) is 0 Å². The van der Waals surface area contributed by atoms with Crippen LogP contribution in [0.5, 0.6) is 11.5 Å². The Bertz CT molecular complexity index is 3260. The summed E-state index contributed by atoms with van der Waals surface area (Å²) in [5, 5.41) is 4.79. The molecule has 0 bridgehead atoms. The molecule has 3 heteroatoms. The van der Waals surface area contributed by atoms with Gasteiger partial charge in [-0.15, -0.1) is 0 Å². The molecule has 0 N–H and O–H groups in total. The summed E-state index contributed by atoms with van der Waals surface area (Å²) in [4.78, 5) is 4.63. The lowest BCUT2D eigenvalue weighted by Crippen LogP contribution is -2.16. The molecule has 12 rings (SSSR count). The SMILES string of the molecule is CC1(C)c2cc(-c3ccc4cc5c6c(cccc6c4c3)Oc3cc(N(c4ccccc4)c4ccccc4)ccc3-5)ccc2-c2ccc(N(c3ccccc3)c3ccccc3)cc21. The zero-order valence-electron chi connectivity index (χ0n) is 34.6. The monoisotopic (exact) mass is 794 g/mol. The summed E-state index contributed by atoms with van der Waals surface area (Å²) >= 11 is 0. The molecule has 62 heavy (non-hydrogen) atoms. The lowest BCUT2D eigenvalue weighted by molar-refractivity contribution is 0.487. The standard InChI is InChI=1S/C59H42N2O/c1-59(2)54-36-40(28-31-48(54)49-32-29-46(37-55(49)59)60(42-16-7-3-8-17-42)43-18-9-4-10-19-43)39-26-27-41-35-53-50-33-30-47(61(44-20-11-5-12-21-44)45-22-13-6-14-23-45)38-57(50)62-56-25-15-24-51(58(53)56)52(41)34-39/h3-38H,1-2H3. The zero-order chi connectivity index (χ0) is 41.4. The van der Waals surface area contributed by atoms with Gasteiger partial charge in [0, 0.05) is 56.6 Å². The minimum absolute atomic E-state index is 0.191. The van der Waals surface area contributed by atoms with Gasteiger partial charge in [-0.2, -0.15) is 0 Å². The number of rotatable bonds is 7. The van der Waals surface area contributed by atoms with E-state index in [2.05, 4.69) is 242 Å². The van der Waals surface area contributed by atoms with Gasteiger partial charge in [0.2, 0.25) is 0 Å². The maximum atomic E-state index is 6.82. The van der Waals surface area contributed by atoms with Gasteiger partial charge in [-0.3, -0.25) is 0 Å². The Morgan fingerprint density at radius 3 is 1.44 bits per heavy atom. The molecule has 0 radical (unpaired) electrons. The van der Waals surface area contributed by atoms with Crippen molar-refractivity contribution in [2.24, 2.45) is 0 Å². The van der Waals surface area contributed by atoms with Crippen molar-refractivity contribution >= 4 is 55.7 Å². The van der Waals surface area contributed by atoms with Crippen molar-refractivity contribution in [1.29, 1.82) is 0 Å². The number of para-hydroxylation sites is 4. The molecule has 294 valence electrons. The summed E-state index contributed by atoms with van der Waals surface area (Å²) in [5.74, 6) is 1.74. The van der Waals surface area contributed by atoms with Crippen LogP contribution in [-0.4, -0.2) is 0 Å². The fourth-order valence-electron chi connectivity index (χ4n) is 9.98. The largest absolute Gasteiger partial charge is 0.456 e. The molecule has 3 nitrogen and oxygen atoms in total. The van der Waals surface area contributed by atoms with E-state index in [-0.39, 0.29) is 5.41 Å². The molecule has 10 aromatic carbocycles. The van der Waals surface area contributed by atoms with Crippen LogP contribution in [0.15, 0.2) is 218 Å². The van der Waals surface area contributed by atoms with Crippen molar-refractivity contribution in [1.82, 2.24) is 0 Å². The van der Waals surface area contributed by atoms with Gasteiger partial charge in [0.1, 0.15) is 11.5 Å². The number of fused-ring (bicyclic) bond motifs is 7. The highest BCUT2D eigenvalue weighted by atomic mass is 16.5. The molecule has 0 fully saturated rings. The third kappa shape index (κ3) is 5.73. The van der Waals surface area contributed by atoms with Crippen LogP contribution in [0, 0.1) is 0 Å². The highest BCUT2D eigenvalue weighted by molar-refractivity contribution is 6.18. The fraction of sp³-hybridized carbons (Fsp3) is 0.0508. The molecule has 1 aliphatic heterocycles. The average Bonchev–Trinajstić information content (AvgIpc) is 3.55. The third-order valence-corrected chi connectivity index (χ3v) is 13.0. The summed E-state index contributed by atoms with van der Waals surface area (Å²) in [5.41, 5.74) is 16.5. The van der Waals surface area contributed by atoms with Crippen LogP contribution in [0.1, 0.15) is 25.0 Å². The van der Waals surface area contributed by atoms with Crippen LogP contribution >= 0.6 is 0 Å². The zero-order valence-corrected chi connectivity index (χ0v) is 34.6. The first kappa shape index (κ1) is 36.0. The molecule has 0 atom stereocenters. The Balaban J connectivity index is 0.917. The maximum absolute atomic E-state index is 6.82. The summed E-state index contributed by atoms with van der Waals surface area (Å²) in [6, 6.07) is 78.8. The van der Waals surface area contributed by atoms with Gasteiger partial charge in [-0.25, -0.2) is 0 Å². The van der Waals surface area contributed by atoms with Crippen molar-refractivity contribution in [3.8, 4) is 44.9 Å². The Morgan fingerprint density at radius 2 is 0.839 bits per heavy atom. The van der Waals surface area contributed by atoms with Gasteiger partial charge in [0.15, 0.2) is 0 Å². The first-order chi connectivity index (χ1) is 30.5. The van der Waals surface area contributed by atoms with Gasteiger partial charge in [0.05, 0.1) is 0 Å². The molecule has 0 amide bonds. The van der Waals surface area contributed by atoms with Crippen molar-refractivity contribution in [2.75, 3.05) is 9.80 Å². The Kier molecular flexibility index (Phi) is 8.20. The fourth-order valence-corrected chi connectivity index (χ4v) is 9.98. The van der Waals surface area contributed by atoms with Crippen molar-refractivity contribution in [2.45, 2.75) is 19.3 Å². The van der Waals surface area contributed by atoms with E-state index >= 15 is 0 Å². The van der Waals surface area contributed by atoms with Crippen molar-refractivity contribution in [3.05, 3.63) is 230 Å². The molecule has 0 spiro atoms. The van der Waals surface area contributed by atoms with Gasteiger partial charge in [-0.1, -0.05) is 129 Å². The molecule has 0 saturated carbocycles. The van der Waals surface area contributed by atoms with E-state index in [1.54, 1.807) is 0 Å². The van der Waals surface area contributed by atoms with E-state index in [1.807, 2.05) is 0 Å². The van der Waals surface area contributed by atoms with E-state index in [0.29, 0.717) is 0 Å². The lowest BCUT2D eigenvalue weighted by atomic mass is 9.81. The number of hydrogen-bond donors (Lipinski definition) is 0. The molecule has 2 aliphatic rings. The highest BCUT2D eigenvalue weighted by Gasteiger charge is 2.36. The molecule has 1 aliphatic carbocycles. The first-order valence-electron chi connectivity index (χ1n) is 21.4. The average molecular weight is 795 g/mol. The number of ether oxygens (including phenoxy) is 1. The van der Waals surface area contributed by atoms with Gasteiger partial charge < -0.3 is 14.5 Å². The maximum Gasteiger partial charge on any atom is 0.137 e. The topological polar surface area (TPSA) is 15.7 Å². The van der Waals surface area contributed by atoms with Gasteiger partial charge in [-0.05, 0) is 152 Å². The van der Waals surface area contributed by atoms with Crippen molar-refractivity contribution in [3.63, 3.8) is 0 Å². The Labute approximate surface area is 362 Å². The smallest absolute Gasteiger partial charge is 0.137 e. The number of benzene rings is 10. The number of anilines is 6. The molecule has 1 heterocycles. The lowest BCUT2D eigenvalue weighted by Gasteiger charge is -2.28. The van der Waals surface area contributed by atoms with Crippen LogP contribution < -0.4 is 14.5 Å². The minimum Gasteiger partial charge on any atom is -0.456 e. The van der Waals surface area contributed by atoms with E-state index in [0.717, 1.165) is 56.6 Å². The second-order valence-corrected chi connectivity index (χ2v) is 16.9. The first-order valence-corrected chi connectivity index (χ1v) is 21.4. The quantitative estimate of drug-likeness (QED) is 0.149. The molecular formula is C59H42N2O. The highest BCUT2D eigenvalue weighted by Crippen LogP contribution is 2.53. The van der Waals surface area contributed by atoms with Crippen LogP contribution in [0.4, 0.5) is 34.1 Å². The Morgan fingerprint density at radius 1 is 0.339 bits per heavy atom. The number of hydrogen-bond acceptors (Lipinski definition) is 3. The molecule has 0 saturated heterocycles.